The average molecular weight is 505 g/mol. The van der Waals surface area contributed by atoms with Crippen molar-refractivity contribution < 1.29 is 25.9 Å². The van der Waals surface area contributed by atoms with E-state index in [1.807, 2.05) is 19.9 Å². The first kappa shape index (κ1) is 26.7. The number of nitrogens with two attached hydrogens (primary N) is 2. The fourth-order valence-electron chi connectivity index (χ4n) is 2.51. The van der Waals surface area contributed by atoms with Crippen LogP contribution in [-0.4, -0.2) is 35.9 Å². The standard InChI is InChI=1S/C8H8N4.2C7H8O3S/c9-5-1-2-7-6(3-5)8(10)12-4-11-7;2*1-6-2-4-7(5-3-6)11(8,9)10/h1-4H,9H2,(H2,10,11,12);2*2-5H,1H3,(H,8,9,10). The molecule has 3 aromatic carbocycles. The predicted molar refractivity (Wildman–Crippen MR) is 130 cm³/mol. The molecule has 6 N–H and O–H groups in total. The van der Waals surface area contributed by atoms with E-state index in [2.05, 4.69) is 9.97 Å². The molecular weight excluding hydrogens is 480 g/mol. The van der Waals surface area contributed by atoms with Crippen LogP contribution in [0.25, 0.3) is 10.9 Å². The number of hydrogen-bond acceptors (Lipinski definition) is 8. The fraction of sp³-hybridized carbons (Fsp3) is 0.0909. The number of fused-ring (bicyclic) bond motifs is 1. The SMILES string of the molecule is Cc1ccc(S(=O)(=O)O)cc1.Cc1ccc(S(=O)(=O)O)cc1.Nc1ccc2ncnc(N)c2c1. The minimum Gasteiger partial charge on any atom is -0.399 e. The second-order valence-electron chi connectivity index (χ2n) is 7.11. The average Bonchev–Trinajstić information content (AvgIpc) is 2.75. The minimum absolute atomic E-state index is 0.0666. The van der Waals surface area contributed by atoms with Crippen molar-refractivity contribution in [1.82, 2.24) is 9.97 Å². The van der Waals surface area contributed by atoms with E-state index in [4.69, 9.17) is 20.6 Å². The maximum absolute atomic E-state index is 10.5. The molecule has 0 saturated carbocycles. The highest BCUT2D eigenvalue weighted by Crippen LogP contribution is 2.18. The summed E-state index contributed by atoms with van der Waals surface area (Å²) in [5, 5.41) is 0.803. The van der Waals surface area contributed by atoms with E-state index >= 15 is 0 Å². The van der Waals surface area contributed by atoms with Gasteiger partial charge in [0.25, 0.3) is 20.2 Å². The van der Waals surface area contributed by atoms with Crippen molar-refractivity contribution in [2.45, 2.75) is 23.6 Å². The van der Waals surface area contributed by atoms with E-state index in [1.165, 1.54) is 30.6 Å². The lowest BCUT2D eigenvalue weighted by molar-refractivity contribution is 0.481. The number of nitrogens with zero attached hydrogens (tertiary/aromatic N) is 2. The smallest absolute Gasteiger partial charge is 0.294 e. The Hall–Kier alpha value is -3.58. The second kappa shape index (κ2) is 11.0. The Morgan fingerprint density at radius 2 is 1.12 bits per heavy atom. The van der Waals surface area contributed by atoms with Crippen molar-refractivity contribution in [3.05, 3.63) is 84.2 Å². The Morgan fingerprint density at radius 3 is 1.53 bits per heavy atom. The molecule has 0 unspecified atom stereocenters. The van der Waals surface area contributed by atoms with Crippen molar-refractivity contribution in [3.63, 3.8) is 0 Å². The number of hydrogen-bond donors (Lipinski definition) is 4. The lowest BCUT2D eigenvalue weighted by Gasteiger charge is -1.99. The molecular formula is C22H24N4O6S2. The zero-order valence-electron chi connectivity index (χ0n) is 18.3. The predicted octanol–water partition coefficient (Wildman–Crippen LogP) is 3.28. The van der Waals surface area contributed by atoms with Gasteiger partial charge in [-0.1, -0.05) is 35.4 Å². The summed E-state index contributed by atoms with van der Waals surface area (Å²) in [5.41, 5.74) is 14.6. The Bertz CT molecular complexity index is 1400. The van der Waals surface area contributed by atoms with E-state index in [-0.39, 0.29) is 9.79 Å². The molecule has 0 aliphatic carbocycles. The molecule has 1 heterocycles. The van der Waals surface area contributed by atoms with Crippen LogP contribution in [0.2, 0.25) is 0 Å². The van der Waals surface area contributed by atoms with Crippen LogP contribution in [0.3, 0.4) is 0 Å². The van der Waals surface area contributed by atoms with Crippen LogP contribution in [0.5, 0.6) is 0 Å². The lowest BCUT2D eigenvalue weighted by atomic mass is 10.2. The van der Waals surface area contributed by atoms with E-state index in [0.717, 1.165) is 22.0 Å². The van der Waals surface area contributed by atoms with Gasteiger partial charge in [-0.3, -0.25) is 9.11 Å². The van der Waals surface area contributed by atoms with Crippen molar-refractivity contribution in [2.75, 3.05) is 11.5 Å². The molecule has 0 bridgehead atoms. The molecule has 1 aromatic heterocycles. The molecule has 0 aliphatic rings. The first-order valence-electron chi connectivity index (χ1n) is 9.61. The van der Waals surface area contributed by atoms with Gasteiger partial charge in [0, 0.05) is 11.1 Å². The van der Waals surface area contributed by atoms with Gasteiger partial charge >= 0.3 is 0 Å². The quantitative estimate of drug-likeness (QED) is 0.233. The van der Waals surface area contributed by atoms with Crippen LogP contribution in [0.1, 0.15) is 11.1 Å². The third-order valence-corrected chi connectivity index (χ3v) is 6.06. The largest absolute Gasteiger partial charge is 0.399 e. The van der Waals surface area contributed by atoms with E-state index < -0.39 is 20.2 Å². The van der Waals surface area contributed by atoms with Gasteiger partial charge in [0.2, 0.25) is 0 Å². The number of rotatable bonds is 2. The highest BCUT2D eigenvalue weighted by molar-refractivity contribution is 7.86. The van der Waals surface area contributed by atoms with Crippen molar-refractivity contribution >= 4 is 42.6 Å². The second-order valence-corrected chi connectivity index (χ2v) is 9.95. The number of nitrogen functional groups attached to an aromatic ring is 2. The van der Waals surface area contributed by atoms with E-state index in [1.54, 1.807) is 36.4 Å². The van der Waals surface area contributed by atoms with Crippen LogP contribution in [0.4, 0.5) is 11.5 Å². The molecule has 0 saturated heterocycles. The number of benzene rings is 3. The van der Waals surface area contributed by atoms with Gasteiger partial charge in [-0.25, -0.2) is 9.97 Å². The number of aromatic nitrogens is 2. The molecule has 10 nitrogen and oxygen atoms in total. The zero-order valence-corrected chi connectivity index (χ0v) is 20.0. The lowest BCUT2D eigenvalue weighted by Crippen LogP contribution is -1.96. The van der Waals surface area contributed by atoms with E-state index in [0.29, 0.717) is 11.5 Å². The molecule has 34 heavy (non-hydrogen) atoms. The van der Waals surface area contributed by atoms with Gasteiger partial charge in [-0.15, -0.1) is 0 Å². The molecule has 0 radical (unpaired) electrons. The van der Waals surface area contributed by atoms with Crippen LogP contribution < -0.4 is 11.5 Å². The summed E-state index contributed by atoms with van der Waals surface area (Å²) in [6, 6.07) is 17.4. The topological polar surface area (TPSA) is 187 Å². The van der Waals surface area contributed by atoms with Gasteiger partial charge in [-0.05, 0) is 56.3 Å². The highest BCUT2D eigenvalue weighted by atomic mass is 32.2. The Morgan fingerprint density at radius 1 is 0.676 bits per heavy atom. The van der Waals surface area contributed by atoms with Crippen LogP contribution >= 0.6 is 0 Å². The maximum Gasteiger partial charge on any atom is 0.294 e. The normalized spacial score (nSPS) is 11.1. The van der Waals surface area contributed by atoms with Crippen LogP contribution in [0.15, 0.2) is 82.8 Å². The van der Waals surface area contributed by atoms with Crippen LogP contribution in [-0.2, 0) is 20.2 Å². The van der Waals surface area contributed by atoms with Crippen molar-refractivity contribution in [2.24, 2.45) is 0 Å². The molecule has 4 rings (SSSR count). The van der Waals surface area contributed by atoms with Gasteiger partial charge < -0.3 is 11.5 Å². The molecule has 180 valence electrons. The summed E-state index contributed by atoms with van der Waals surface area (Å²) in [4.78, 5) is 7.76. The third kappa shape index (κ3) is 8.08. The monoisotopic (exact) mass is 504 g/mol. The summed E-state index contributed by atoms with van der Waals surface area (Å²) < 4.78 is 59.1. The molecule has 0 spiro atoms. The molecule has 0 atom stereocenters. The molecule has 0 aliphatic heterocycles. The highest BCUT2D eigenvalue weighted by Gasteiger charge is 2.07. The number of anilines is 2. The van der Waals surface area contributed by atoms with Gasteiger partial charge in [-0.2, -0.15) is 16.8 Å². The molecule has 0 fully saturated rings. The zero-order chi connectivity index (χ0) is 25.5. The Balaban J connectivity index is 0.000000181. The summed E-state index contributed by atoms with van der Waals surface area (Å²) in [7, 11) is -8.04. The summed E-state index contributed by atoms with van der Waals surface area (Å²) >= 11 is 0. The minimum atomic E-state index is -4.02. The van der Waals surface area contributed by atoms with Gasteiger partial charge in [0.1, 0.15) is 12.1 Å². The maximum atomic E-state index is 10.5. The number of aryl methyl sites for hydroxylation is 2. The Labute approximate surface area is 197 Å². The van der Waals surface area contributed by atoms with Gasteiger partial charge in [0.15, 0.2) is 0 Å². The van der Waals surface area contributed by atoms with Crippen molar-refractivity contribution in [3.8, 4) is 0 Å². The van der Waals surface area contributed by atoms with Gasteiger partial charge in [0.05, 0.1) is 15.3 Å². The Kier molecular flexibility index (Phi) is 8.65. The molecule has 0 amide bonds. The molecule has 4 aromatic rings. The fourth-order valence-corrected chi connectivity index (χ4v) is 3.47. The molecule has 12 heteroatoms. The third-order valence-electron chi connectivity index (χ3n) is 4.33. The summed E-state index contributed by atoms with van der Waals surface area (Å²) in [6.07, 6.45) is 1.44. The first-order valence-corrected chi connectivity index (χ1v) is 12.5. The van der Waals surface area contributed by atoms with Crippen molar-refractivity contribution in [1.29, 1.82) is 0 Å². The summed E-state index contributed by atoms with van der Waals surface area (Å²) in [6.45, 7) is 3.68. The summed E-state index contributed by atoms with van der Waals surface area (Å²) in [5.74, 6) is 0.465. The van der Waals surface area contributed by atoms with Crippen LogP contribution in [0, 0.1) is 13.8 Å². The first-order chi connectivity index (χ1) is 15.8. The van der Waals surface area contributed by atoms with E-state index in [9.17, 15) is 16.8 Å².